The molecule has 19 heavy (non-hydrogen) atoms. The minimum atomic E-state index is -3.82. The standard InChI is InChI=1S/C12H9ClF2N2O2/c1-6-10(18)12(14,15)11(19)17(6)8-3-2-7(5-16)9(13)4-8/h2-4,6,10,18H,1H3/t6-,10-/m0/s1. The van der Waals surface area contributed by atoms with Crippen LogP contribution in [0.3, 0.4) is 0 Å². The first kappa shape index (κ1) is 13.7. The van der Waals surface area contributed by atoms with Crippen molar-refractivity contribution in [1.82, 2.24) is 0 Å². The summed E-state index contributed by atoms with van der Waals surface area (Å²) in [5.41, 5.74) is 0.301. The molecule has 0 aromatic heterocycles. The topological polar surface area (TPSA) is 64.3 Å². The van der Waals surface area contributed by atoms with Crippen LogP contribution in [-0.2, 0) is 4.79 Å². The van der Waals surface area contributed by atoms with Gasteiger partial charge in [-0.15, -0.1) is 0 Å². The fourth-order valence-electron chi connectivity index (χ4n) is 2.01. The van der Waals surface area contributed by atoms with Crippen LogP contribution in [0.2, 0.25) is 5.02 Å². The first-order valence-corrected chi connectivity index (χ1v) is 5.77. The second-order valence-corrected chi connectivity index (χ2v) is 4.67. The molecule has 1 saturated heterocycles. The van der Waals surface area contributed by atoms with Gasteiger partial charge in [0.05, 0.1) is 16.6 Å². The molecule has 0 radical (unpaired) electrons. The number of aliphatic hydroxyl groups excluding tert-OH is 1. The maximum Gasteiger partial charge on any atom is 0.352 e. The maximum absolute atomic E-state index is 13.4. The highest BCUT2D eigenvalue weighted by Gasteiger charge is 2.60. The Morgan fingerprint density at radius 2 is 2.16 bits per heavy atom. The number of halogens is 3. The molecular formula is C12H9ClF2N2O2. The van der Waals surface area contributed by atoms with Gasteiger partial charge in [-0.1, -0.05) is 11.6 Å². The first-order chi connectivity index (χ1) is 8.80. The number of alkyl halides is 2. The van der Waals surface area contributed by atoms with Crippen LogP contribution in [0.4, 0.5) is 14.5 Å². The number of rotatable bonds is 1. The van der Waals surface area contributed by atoms with Crippen molar-refractivity contribution in [3.63, 3.8) is 0 Å². The molecule has 7 heteroatoms. The third-order valence-electron chi connectivity index (χ3n) is 3.09. The van der Waals surface area contributed by atoms with E-state index in [0.717, 1.165) is 4.90 Å². The lowest BCUT2D eigenvalue weighted by atomic mass is 10.1. The largest absolute Gasteiger partial charge is 0.384 e. The normalized spacial score (nSPS) is 25.5. The summed E-state index contributed by atoms with van der Waals surface area (Å²) in [5, 5.41) is 18.2. The summed E-state index contributed by atoms with van der Waals surface area (Å²) in [4.78, 5) is 12.4. The van der Waals surface area contributed by atoms with Crippen molar-refractivity contribution in [2.24, 2.45) is 0 Å². The Kier molecular flexibility index (Phi) is 3.20. The summed E-state index contributed by atoms with van der Waals surface area (Å²) in [6.45, 7) is 1.32. The molecule has 1 amide bonds. The van der Waals surface area contributed by atoms with Crippen LogP contribution in [0.5, 0.6) is 0 Å². The Morgan fingerprint density at radius 3 is 2.58 bits per heavy atom. The Balaban J connectivity index is 2.46. The molecule has 1 aromatic carbocycles. The third-order valence-corrected chi connectivity index (χ3v) is 3.40. The van der Waals surface area contributed by atoms with Crippen LogP contribution in [0, 0.1) is 11.3 Å². The van der Waals surface area contributed by atoms with Gasteiger partial charge in [0.2, 0.25) is 0 Å². The van der Waals surface area contributed by atoms with Crippen LogP contribution in [0.1, 0.15) is 12.5 Å². The minimum Gasteiger partial charge on any atom is -0.384 e. The lowest BCUT2D eigenvalue weighted by Crippen LogP contribution is -2.37. The van der Waals surface area contributed by atoms with Crippen LogP contribution in [-0.4, -0.2) is 29.1 Å². The molecule has 1 heterocycles. The van der Waals surface area contributed by atoms with Crippen LogP contribution in [0.25, 0.3) is 0 Å². The van der Waals surface area contributed by atoms with Gasteiger partial charge in [-0.2, -0.15) is 14.0 Å². The molecular weight excluding hydrogens is 278 g/mol. The van der Waals surface area contributed by atoms with E-state index in [9.17, 15) is 18.7 Å². The van der Waals surface area contributed by atoms with Gasteiger partial charge in [-0.05, 0) is 25.1 Å². The second-order valence-electron chi connectivity index (χ2n) is 4.26. The fourth-order valence-corrected chi connectivity index (χ4v) is 2.23. The third kappa shape index (κ3) is 1.95. The number of hydrogen-bond acceptors (Lipinski definition) is 3. The first-order valence-electron chi connectivity index (χ1n) is 5.40. The molecule has 1 fully saturated rings. The monoisotopic (exact) mass is 286 g/mol. The van der Waals surface area contributed by atoms with Crippen LogP contribution < -0.4 is 4.90 Å². The molecule has 0 aliphatic carbocycles. The van der Waals surface area contributed by atoms with Gasteiger partial charge in [0.1, 0.15) is 12.2 Å². The minimum absolute atomic E-state index is 0.0599. The van der Waals surface area contributed by atoms with Crippen LogP contribution >= 0.6 is 11.6 Å². The van der Waals surface area contributed by atoms with E-state index in [2.05, 4.69) is 0 Å². The summed E-state index contributed by atoms with van der Waals surface area (Å²) in [5.74, 6) is -5.30. The molecule has 2 rings (SSSR count). The van der Waals surface area contributed by atoms with Crippen LogP contribution in [0.15, 0.2) is 18.2 Å². The zero-order valence-corrected chi connectivity index (χ0v) is 10.5. The Morgan fingerprint density at radius 1 is 1.53 bits per heavy atom. The fraction of sp³-hybridized carbons (Fsp3) is 0.333. The average Bonchev–Trinajstić information content (AvgIpc) is 2.51. The molecule has 1 aliphatic rings. The zero-order chi connectivity index (χ0) is 14.4. The number of anilines is 1. The smallest absolute Gasteiger partial charge is 0.352 e. The highest BCUT2D eigenvalue weighted by molar-refractivity contribution is 6.32. The van der Waals surface area contributed by atoms with Crippen molar-refractivity contribution >= 4 is 23.2 Å². The Labute approximate surface area is 112 Å². The average molecular weight is 287 g/mol. The van der Waals surface area contributed by atoms with Gasteiger partial charge in [-0.3, -0.25) is 4.79 Å². The molecule has 1 aromatic rings. The highest BCUT2D eigenvalue weighted by Crippen LogP contribution is 2.38. The number of nitrogens with zero attached hydrogens (tertiary/aromatic N) is 2. The van der Waals surface area contributed by atoms with E-state index in [1.165, 1.54) is 25.1 Å². The van der Waals surface area contributed by atoms with Crippen molar-refractivity contribution in [3.8, 4) is 6.07 Å². The summed E-state index contributed by atoms with van der Waals surface area (Å²) < 4.78 is 26.9. The Hall–Kier alpha value is -1.71. The van der Waals surface area contributed by atoms with Crippen molar-refractivity contribution < 1.29 is 18.7 Å². The number of aliphatic hydroxyl groups is 1. The maximum atomic E-state index is 13.4. The van der Waals surface area contributed by atoms with E-state index in [-0.39, 0.29) is 16.3 Å². The van der Waals surface area contributed by atoms with E-state index < -0.39 is 24.0 Å². The van der Waals surface area contributed by atoms with E-state index in [1.54, 1.807) is 0 Å². The van der Waals surface area contributed by atoms with E-state index in [4.69, 9.17) is 16.9 Å². The van der Waals surface area contributed by atoms with Crippen molar-refractivity contribution in [2.45, 2.75) is 25.0 Å². The summed E-state index contributed by atoms with van der Waals surface area (Å²) in [7, 11) is 0. The quantitative estimate of drug-likeness (QED) is 0.858. The summed E-state index contributed by atoms with van der Waals surface area (Å²) >= 11 is 5.80. The molecule has 0 saturated carbocycles. The molecule has 0 unspecified atom stereocenters. The second kappa shape index (κ2) is 4.44. The van der Waals surface area contributed by atoms with Gasteiger partial charge < -0.3 is 10.0 Å². The summed E-state index contributed by atoms with van der Waals surface area (Å²) in [6, 6.07) is 4.68. The predicted octanol–water partition coefficient (Wildman–Crippen LogP) is 1.94. The van der Waals surface area contributed by atoms with E-state index in [1.807, 2.05) is 6.07 Å². The number of carbonyl (C=O) groups excluding carboxylic acids is 1. The SMILES string of the molecule is C[C@H]1[C@H](O)C(F)(F)C(=O)N1c1ccc(C#N)c(Cl)c1. The van der Waals surface area contributed by atoms with Gasteiger partial charge in [-0.25, -0.2) is 0 Å². The highest BCUT2D eigenvalue weighted by atomic mass is 35.5. The molecule has 0 spiro atoms. The molecule has 1 aliphatic heterocycles. The Bertz CT molecular complexity index is 586. The van der Waals surface area contributed by atoms with Crippen molar-refractivity contribution in [1.29, 1.82) is 5.26 Å². The molecule has 2 atom stereocenters. The van der Waals surface area contributed by atoms with Crippen molar-refractivity contribution in [3.05, 3.63) is 28.8 Å². The molecule has 100 valence electrons. The van der Waals surface area contributed by atoms with Crippen molar-refractivity contribution in [2.75, 3.05) is 4.90 Å². The number of nitriles is 1. The number of carbonyl (C=O) groups is 1. The molecule has 4 nitrogen and oxygen atoms in total. The van der Waals surface area contributed by atoms with Gasteiger partial charge in [0, 0.05) is 5.69 Å². The van der Waals surface area contributed by atoms with E-state index in [0.29, 0.717) is 0 Å². The number of benzene rings is 1. The van der Waals surface area contributed by atoms with Gasteiger partial charge in [0.15, 0.2) is 0 Å². The zero-order valence-electron chi connectivity index (χ0n) is 9.77. The predicted molar refractivity (Wildman–Crippen MR) is 64.1 cm³/mol. The van der Waals surface area contributed by atoms with Gasteiger partial charge in [0.25, 0.3) is 0 Å². The number of hydrogen-bond donors (Lipinski definition) is 1. The lowest BCUT2D eigenvalue weighted by Gasteiger charge is -2.22. The van der Waals surface area contributed by atoms with Gasteiger partial charge >= 0.3 is 11.8 Å². The lowest BCUT2D eigenvalue weighted by molar-refractivity contribution is -0.149. The molecule has 0 bridgehead atoms. The molecule has 1 N–H and O–H groups in total. The number of amides is 1. The summed E-state index contributed by atoms with van der Waals surface area (Å²) in [6.07, 6.45) is -2.07. The van der Waals surface area contributed by atoms with E-state index >= 15 is 0 Å².